The molecule has 2 aromatic carbocycles. The number of nitrogens with zero attached hydrogens (tertiary/aromatic N) is 4. The van der Waals surface area contributed by atoms with E-state index < -0.39 is 0 Å². The van der Waals surface area contributed by atoms with E-state index in [1.165, 1.54) is 0 Å². The highest BCUT2D eigenvalue weighted by Gasteiger charge is 2.25. The third-order valence-electron chi connectivity index (χ3n) is 4.48. The van der Waals surface area contributed by atoms with Crippen molar-refractivity contribution in [1.82, 2.24) is 19.3 Å². The maximum absolute atomic E-state index is 5.49. The lowest BCUT2D eigenvalue weighted by atomic mass is 10.1. The standard InChI is InChI=1S/C21H21BrN4O/c1-21(2,3)26-19-8-6-14(22)12-17(19)24-20(26)16-13-15(27-4)7-9-18(16)25-11-5-10-23-25/h5-13H,1-4H3. The molecule has 0 amide bonds. The quantitative estimate of drug-likeness (QED) is 0.441. The van der Waals surface area contributed by atoms with Gasteiger partial charge in [0, 0.05) is 28.0 Å². The second kappa shape index (κ2) is 6.53. The van der Waals surface area contributed by atoms with E-state index >= 15 is 0 Å². The van der Waals surface area contributed by atoms with Crippen LogP contribution >= 0.6 is 15.9 Å². The fraction of sp³-hybridized carbons (Fsp3) is 0.238. The zero-order valence-electron chi connectivity index (χ0n) is 15.8. The number of ether oxygens (including phenoxy) is 1. The van der Waals surface area contributed by atoms with Gasteiger partial charge < -0.3 is 9.30 Å². The number of methoxy groups -OCH3 is 1. The highest BCUT2D eigenvalue weighted by molar-refractivity contribution is 9.10. The van der Waals surface area contributed by atoms with Crippen molar-refractivity contribution in [2.45, 2.75) is 26.3 Å². The van der Waals surface area contributed by atoms with E-state index in [0.29, 0.717) is 0 Å². The van der Waals surface area contributed by atoms with Gasteiger partial charge in [0.15, 0.2) is 0 Å². The summed E-state index contributed by atoms with van der Waals surface area (Å²) in [6.07, 6.45) is 3.71. The van der Waals surface area contributed by atoms with Gasteiger partial charge in [-0.05, 0) is 63.2 Å². The Balaban J connectivity index is 2.08. The minimum absolute atomic E-state index is 0.150. The van der Waals surface area contributed by atoms with Crippen LogP contribution in [0.3, 0.4) is 0 Å². The fourth-order valence-electron chi connectivity index (χ4n) is 3.35. The van der Waals surface area contributed by atoms with Crippen LogP contribution in [-0.4, -0.2) is 26.4 Å². The summed E-state index contributed by atoms with van der Waals surface area (Å²) in [7, 11) is 1.68. The van der Waals surface area contributed by atoms with Crippen molar-refractivity contribution in [3.8, 4) is 22.8 Å². The molecule has 0 atom stereocenters. The van der Waals surface area contributed by atoms with Crippen molar-refractivity contribution in [3.63, 3.8) is 0 Å². The molecule has 0 aliphatic rings. The molecule has 4 rings (SSSR count). The Morgan fingerprint density at radius 3 is 2.56 bits per heavy atom. The first kappa shape index (κ1) is 17.8. The third-order valence-corrected chi connectivity index (χ3v) is 4.98. The molecule has 0 bridgehead atoms. The van der Waals surface area contributed by atoms with Gasteiger partial charge in [0.2, 0.25) is 0 Å². The molecule has 27 heavy (non-hydrogen) atoms. The van der Waals surface area contributed by atoms with Crippen molar-refractivity contribution in [1.29, 1.82) is 0 Å². The van der Waals surface area contributed by atoms with Gasteiger partial charge in [-0.1, -0.05) is 15.9 Å². The Morgan fingerprint density at radius 1 is 1.07 bits per heavy atom. The molecule has 0 fully saturated rings. The van der Waals surface area contributed by atoms with E-state index in [0.717, 1.165) is 38.3 Å². The van der Waals surface area contributed by atoms with Crippen molar-refractivity contribution in [3.05, 3.63) is 59.3 Å². The van der Waals surface area contributed by atoms with Crippen molar-refractivity contribution >= 4 is 27.0 Å². The third kappa shape index (κ3) is 3.14. The number of fused-ring (bicyclic) bond motifs is 1. The molecule has 0 spiro atoms. The van der Waals surface area contributed by atoms with Gasteiger partial charge in [-0.15, -0.1) is 0 Å². The average Bonchev–Trinajstić information content (AvgIpc) is 3.27. The lowest BCUT2D eigenvalue weighted by molar-refractivity contribution is 0.410. The van der Waals surface area contributed by atoms with Gasteiger partial charge in [-0.2, -0.15) is 5.10 Å². The number of imidazole rings is 1. The molecule has 0 saturated carbocycles. The van der Waals surface area contributed by atoms with Gasteiger partial charge in [-0.25, -0.2) is 9.67 Å². The summed E-state index contributed by atoms with van der Waals surface area (Å²) >= 11 is 3.56. The van der Waals surface area contributed by atoms with Crippen LogP contribution in [0.15, 0.2) is 59.3 Å². The fourth-order valence-corrected chi connectivity index (χ4v) is 3.69. The summed E-state index contributed by atoms with van der Waals surface area (Å²) in [6.45, 7) is 6.56. The van der Waals surface area contributed by atoms with Crippen LogP contribution in [0.25, 0.3) is 28.1 Å². The van der Waals surface area contributed by atoms with Crippen LogP contribution in [0.2, 0.25) is 0 Å². The van der Waals surface area contributed by atoms with Crippen LogP contribution < -0.4 is 4.74 Å². The second-order valence-corrected chi connectivity index (χ2v) is 8.32. The van der Waals surface area contributed by atoms with Crippen LogP contribution in [0, 0.1) is 0 Å². The average molecular weight is 425 g/mol. The summed E-state index contributed by atoms with van der Waals surface area (Å²) in [6, 6.07) is 14.1. The first-order valence-electron chi connectivity index (χ1n) is 8.75. The summed E-state index contributed by atoms with van der Waals surface area (Å²) in [5, 5.41) is 4.42. The van der Waals surface area contributed by atoms with Crippen LogP contribution in [0.4, 0.5) is 0 Å². The Labute approximate surface area is 166 Å². The SMILES string of the molecule is COc1ccc(-n2cccn2)c(-c2nc3cc(Br)ccc3n2C(C)(C)C)c1. The molecule has 138 valence electrons. The van der Waals surface area contributed by atoms with Gasteiger partial charge in [-0.3, -0.25) is 0 Å². The predicted molar refractivity (Wildman–Crippen MR) is 112 cm³/mol. The molecule has 0 saturated heterocycles. The van der Waals surface area contributed by atoms with E-state index in [2.05, 4.69) is 64.6 Å². The molecule has 0 aliphatic heterocycles. The van der Waals surface area contributed by atoms with E-state index in [-0.39, 0.29) is 5.54 Å². The van der Waals surface area contributed by atoms with E-state index in [1.807, 2.05) is 35.1 Å². The molecule has 0 aliphatic carbocycles. The Morgan fingerprint density at radius 2 is 1.89 bits per heavy atom. The summed E-state index contributed by atoms with van der Waals surface area (Å²) < 4.78 is 10.6. The number of hydrogen-bond donors (Lipinski definition) is 0. The molecule has 4 aromatic rings. The van der Waals surface area contributed by atoms with E-state index in [9.17, 15) is 0 Å². The summed E-state index contributed by atoms with van der Waals surface area (Å²) in [5.74, 6) is 1.68. The van der Waals surface area contributed by atoms with Crippen molar-refractivity contribution in [2.75, 3.05) is 7.11 Å². The highest BCUT2D eigenvalue weighted by Crippen LogP contribution is 2.36. The topological polar surface area (TPSA) is 44.9 Å². The number of halogens is 1. The number of aromatic nitrogens is 4. The monoisotopic (exact) mass is 424 g/mol. The first-order chi connectivity index (χ1) is 12.9. The van der Waals surface area contributed by atoms with Crippen molar-refractivity contribution < 1.29 is 4.74 Å². The van der Waals surface area contributed by atoms with Gasteiger partial charge in [0.05, 0.1) is 23.8 Å². The maximum atomic E-state index is 5.49. The molecular formula is C21H21BrN4O. The maximum Gasteiger partial charge on any atom is 0.143 e. The summed E-state index contributed by atoms with van der Waals surface area (Å²) in [5.41, 5.74) is 3.82. The molecule has 5 nitrogen and oxygen atoms in total. The van der Waals surface area contributed by atoms with Gasteiger partial charge in [0.25, 0.3) is 0 Å². The Kier molecular flexibility index (Phi) is 4.30. The van der Waals surface area contributed by atoms with Crippen LogP contribution in [0.1, 0.15) is 20.8 Å². The molecule has 6 heteroatoms. The molecule has 2 aromatic heterocycles. The number of rotatable bonds is 3. The highest BCUT2D eigenvalue weighted by atomic mass is 79.9. The molecule has 0 N–H and O–H groups in total. The second-order valence-electron chi connectivity index (χ2n) is 7.41. The van der Waals surface area contributed by atoms with Crippen LogP contribution in [0.5, 0.6) is 5.75 Å². The van der Waals surface area contributed by atoms with Crippen molar-refractivity contribution in [2.24, 2.45) is 0 Å². The number of benzene rings is 2. The molecule has 0 unspecified atom stereocenters. The normalized spacial score (nSPS) is 11.9. The molecular weight excluding hydrogens is 404 g/mol. The zero-order chi connectivity index (χ0) is 19.2. The Hall–Kier alpha value is -2.60. The smallest absolute Gasteiger partial charge is 0.143 e. The minimum atomic E-state index is -0.150. The van der Waals surface area contributed by atoms with E-state index in [4.69, 9.17) is 9.72 Å². The minimum Gasteiger partial charge on any atom is -0.497 e. The lowest BCUT2D eigenvalue weighted by Gasteiger charge is -2.25. The van der Waals surface area contributed by atoms with Crippen LogP contribution in [-0.2, 0) is 5.54 Å². The predicted octanol–water partition coefficient (Wildman–Crippen LogP) is 5.42. The van der Waals surface area contributed by atoms with Gasteiger partial charge >= 0.3 is 0 Å². The largest absolute Gasteiger partial charge is 0.497 e. The van der Waals surface area contributed by atoms with E-state index in [1.54, 1.807) is 13.3 Å². The van der Waals surface area contributed by atoms with Gasteiger partial charge in [0.1, 0.15) is 11.6 Å². The molecule has 0 radical (unpaired) electrons. The molecule has 2 heterocycles. The zero-order valence-corrected chi connectivity index (χ0v) is 17.4. The Bertz CT molecular complexity index is 1110. The summed E-state index contributed by atoms with van der Waals surface area (Å²) in [4.78, 5) is 4.99. The lowest BCUT2D eigenvalue weighted by Crippen LogP contribution is -2.23. The number of hydrogen-bond acceptors (Lipinski definition) is 3. The first-order valence-corrected chi connectivity index (χ1v) is 9.55.